The minimum Gasteiger partial charge on any atom is -0.509 e. The second-order valence-corrected chi connectivity index (χ2v) is 12.8. The van der Waals surface area contributed by atoms with Gasteiger partial charge in [-0.2, -0.15) is 12.1 Å². The number of ether oxygens (including phenoxy) is 1. The standard InChI is InChI=1S/C36H33N5O.Pt/c1-35(2,3)24-16-17-37-33(20-24)41-30-13-8-7-12-28(30)29-15-14-27(22-31(29)41)42-26-11-9-10-25(21-26)40-23-32(36(4,5)6)39-19-18-38-34(39)40;/h7-20,23H,1-6H3;/q-2;+2. The van der Waals surface area contributed by atoms with E-state index in [0.717, 1.165) is 39.1 Å². The molecule has 218 valence electrons. The van der Waals surface area contributed by atoms with Gasteiger partial charge in [-0.3, -0.25) is 4.40 Å². The number of aromatic nitrogens is 5. The fraction of sp³-hybridized carbons (Fsp3) is 0.222. The van der Waals surface area contributed by atoms with Crippen molar-refractivity contribution < 1.29 is 25.8 Å². The normalized spacial score (nSPS) is 12.2. The van der Waals surface area contributed by atoms with Crippen molar-refractivity contribution in [2.75, 3.05) is 0 Å². The molecule has 0 amide bonds. The maximum Gasteiger partial charge on any atom is 2.00 e. The number of imidazole rings is 2. The van der Waals surface area contributed by atoms with Gasteiger partial charge in [-0.05, 0) is 34.6 Å². The molecule has 0 aliphatic heterocycles. The zero-order chi connectivity index (χ0) is 29.2. The molecule has 4 heterocycles. The molecule has 3 aromatic carbocycles. The monoisotopic (exact) mass is 746 g/mol. The SMILES string of the molecule is CC(C)(C)c1ccnc(-n2c3[c-]c(Oc4[c-]c(-n5cc(C(C)(C)C)n6ccnc56)ccc4)ccc3c3ccccc32)c1.[Pt+2]. The van der Waals surface area contributed by atoms with Crippen molar-refractivity contribution in [2.45, 2.75) is 52.4 Å². The van der Waals surface area contributed by atoms with E-state index in [4.69, 9.17) is 9.72 Å². The Bertz CT molecular complexity index is 2100. The number of para-hydroxylation sites is 1. The fourth-order valence-corrected chi connectivity index (χ4v) is 5.57. The van der Waals surface area contributed by atoms with Gasteiger partial charge < -0.3 is 13.9 Å². The predicted octanol–water partition coefficient (Wildman–Crippen LogP) is 8.60. The van der Waals surface area contributed by atoms with Crippen LogP contribution in [0.2, 0.25) is 0 Å². The maximum atomic E-state index is 6.40. The minimum absolute atomic E-state index is 0. The summed E-state index contributed by atoms with van der Waals surface area (Å²) in [6.45, 7) is 13.3. The molecule has 0 bridgehead atoms. The van der Waals surface area contributed by atoms with Crippen LogP contribution in [0.1, 0.15) is 52.8 Å². The third-order valence-electron chi connectivity index (χ3n) is 7.75. The Morgan fingerprint density at radius 3 is 2.33 bits per heavy atom. The molecule has 43 heavy (non-hydrogen) atoms. The average molecular weight is 747 g/mol. The molecule has 0 N–H and O–H groups in total. The second-order valence-electron chi connectivity index (χ2n) is 12.8. The van der Waals surface area contributed by atoms with Crippen LogP contribution in [-0.4, -0.2) is 23.5 Å². The molecule has 0 unspecified atom stereocenters. The molecule has 7 rings (SSSR count). The summed E-state index contributed by atoms with van der Waals surface area (Å²) < 4.78 is 12.8. The third kappa shape index (κ3) is 5.08. The summed E-state index contributed by atoms with van der Waals surface area (Å²) >= 11 is 0. The minimum atomic E-state index is -0.0393. The molecule has 0 aliphatic rings. The smallest absolute Gasteiger partial charge is 0.509 e. The van der Waals surface area contributed by atoms with E-state index in [9.17, 15) is 0 Å². The van der Waals surface area contributed by atoms with E-state index >= 15 is 0 Å². The first-order valence-electron chi connectivity index (χ1n) is 14.3. The van der Waals surface area contributed by atoms with Crippen LogP contribution in [-0.2, 0) is 31.9 Å². The molecule has 0 fully saturated rings. The molecular formula is C36H33N5OPt. The van der Waals surface area contributed by atoms with Crippen LogP contribution in [0.3, 0.4) is 0 Å². The zero-order valence-corrected chi connectivity index (χ0v) is 27.4. The summed E-state index contributed by atoms with van der Waals surface area (Å²) in [6.07, 6.45) is 7.85. The zero-order valence-electron chi connectivity index (χ0n) is 25.1. The maximum absolute atomic E-state index is 6.40. The van der Waals surface area contributed by atoms with Gasteiger partial charge in [-0.15, -0.1) is 35.7 Å². The van der Waals surface area contributed by atoms with Crippen molar-refractivity contribution in [3.63, 3.8) is 0 Å². The first kappa shape index (κ1) is 28.9. The van der Waals surface area contributed by atoms with E-state index < -0.39 is 0 Å². The summed E-state index contributed by atoms with van der Waals surface area (Å²) in [7, 11) is 0. The molecular weight excluding hydrogens is 714 g/mol. The van der Waals surface area contributed by atoms with Crippen molar-refractivity contribution in [1.29, 1.82) is 0 Å². The number of rotatable bonds is 4. The van der Waals surface area contributed by atoms with Gasteiger partial charge in [0.1, 0.15) is 5.82 Å². The molecule has 4 aromatic heterocycles. The van der Waals surface area contributed by atoms with Crippen molar-refractivity contribution in [3.8, 4) is 23.0 Å². The quantitative estimate of drug-likeness (QED) is 0.170. The number of hydrogen-bond donors (Lipinski definition) is 0. The van der Waals surface area contributed by atoms with E-state index in [-0.39, 0.29) is 31.9 Å². The molecule has 7 heteroatoms. The number of pyridine rings is 1. The van der Waals surface area contributed by atoms with Crippen LogP contribution >= 0.6 is 0 Å². The first-order chi connectivity index (χ1) is 20.1. The van der Waals surface area contributed by atoms with Crippen LogP contribution in [0.15, 0.2) is 91.5 Å². The van der Waals surface area contributed by atoms with E-state index in [2.05, 4.69) is 121 Å². The summed E-state index contributed by atoms with van der Waals surface area (Å²) in [6, 6.07) is 29.7. The molecule has 0 atom stereocenters. The van der Waals surface area contributed by atoms with E-state index in [1.807, 2.05) is 42.9 Å². The Morgan fingerprint density at radius 2 is 1.53 bits per heavy atom. The topological polar surface area (TPSA) is 49.3 Å². The Hall–Kier alpha value is -4.15. The predicted molar refractivity (Wildman–Crippen MR) is 168 cm³/mol. The van der Waals surface area contributed by atoms with Crippen LogP contribution in [0.25, 0.3) is 39.1 Å². The molecule has 0 saturated carbocycles. The fourth-order valence-electron chi connectivity index (χ4n) is 5.57. The van der Waals surface area contributed by atoms with Gasteiger partial charge in [0, 0.05) is 52.9 Å². The summed E-state index contributed by atoms with van der Waals surface area (Å²) in [5.74, 6) is 2.92. The van der Waals surface area contributed by atoms with E-state index in [0.29, 0.717) is 11.5 Å². The molecule has 6 nitrogen and oxygen atoms in total. The van der Waals surface area contributed by atoms with Crippen LogP contribution in [0, 0.1) is 12.1 Å². The van der Waals surface area contributed by atoms with Gasteiger partial charge in [0.15, 0.2) is 0 Å². The van der Waals surface area contributed by atoms with E-state index in [1.165, 1.54) is 11.3 Å². The third-order valence-corrected chi connectivity index (χ3v) is 7.75. The van der Waals surface area contributed by atoms with Crippen LogP contribution in [0.5, 0.6) is 11.5 Å². The van der Waals surface area contributed by atoms with Crippen LogP contribution < -0.4 is 4.74 Å². The molecule has 0 spiro atoms. The van der Waals surface area contributed by atoms with Crippen molar-refractivity contribution in [3.05, 3.63) is 115 Å². The van der Waals surface area contributed by atoms with Gasteiger partial charge in [0.2, 0.25) is 5.78 Å². The van der Waals surface area contributed by atoms with Crippen molar-refractivity contribution >= 4 is 27.6 Å². The number of benzene rings is 3. The van der Waals surface area contributed by atoms with Gasteiger partial charge in [-0.1, -0.05) is 70.9 Å². The van der Waals surface area contributed by atoms with E-state index in [1.54, 1.807) is 0 Å². The number of nitrogens with zero attached hydrogens (tertiary/aromatic N) is 5. The first-order valence-corrected chi connectivity index (χ1v) is 14.3. The van der Waals surface area contributed by atoms with Crippen molar-refractivity contribution in [1.82, 2.24) is 23.5 Å². The second kappa shape index (κ2) is 10.5. The molecule has 0 radical (unpaired) electrons. The Balaban J connectivity index is 0.00000329. The van der Waals surface area contributed by atoms with Crippen LogP contribution in [0.4, 0.5) is 0 Å². The Labute approximate surface area is 266 Å². The molecule has 0 aliphatic carbocycles. The Morgan fingerprint density at radius 1 is 0.744 bits per heavy atom. The summed E-state index contributed by atoms with van der Waals surface area (Å²) in [5, 5.41) is 2.25. The number of hydrogen-bond acceptors (Lipinski definition) is 3. The van der Waals surface area contributed by atoms with Crippen molar-refractivity contribution in [2.24, 2.45) is 0 Å². The Kier molecular flexibility index (Phi) is 7.09. The molecule has 7 aromatic rings. The largest absolute Gasteiger partial charge is 2.00 e. The van der Waals surface area contributed by atoms with Gasteiger partial charge in [-0.25, -0.2) is 9.97 Å². The number of fused-ring (bicyclic) bond motifs is 4. The summed E-state index contributed by atoms with van der Waals surface area (Å²) in [4.78, 5) is 9.39. The van der Waals surface area contributed by atoms with Gasteiger partial charge in [0.05, 0.1) is 0 Å². The van der Waals surface area contributed by atoms with Gasteiger partial charge in [0.25, 0.3) is 0 Å². The average Bonchev–Trinajstić information content (AvgIpc) is 3.65. The summed E-state index contributed by atoms with van der Waals surface area (Å²) in [5.41, 5.74) is 5.22. The molecule has 0 saturated heterocycles. The van der Waals surface area contributed by atoms with Gasteiger partial charge >= 0.3 is 21.1 Å².